The molecule has 0 atom stereocenters. The number of hydrogen-bond donors (Lipinski definition) is 0. The van der Waals surface area contributed by atoms with E-state index < -0.39 is 0 Å². The Bertz CT molecular complexity index is 69.9. The van der Waals surface area contributed by atoms with Crippen molar-refractivity contribution in [2.24, 2.45) is 4.99 Å². The summed E-state index contributed by atoms with van der Waals surface area (Å²) < 4.78 is 0. The number of aliphatic imine (C=N–C) groups is 1. The van der Waals surface area contributed by atoms with E-state index in [1.165, 1.54) is 6.04 Å². The fourth-order valence-electron chi connectivity index (χ4n) is 0.322. The zero-order chi connectivity index (χ0) is 4.41. The van der Waals surface area contributed by atoms with Crippen LogP contribution in [-0.4, -0.2) is 11.3 Å². The summed E-state index contributed by atoms with van der Waals surface area (Å²) in [6, 6.07) is 1.24. The van der Waals surface area contributed by atoms with Gasteiger partial charge >= 0.3 is 0 Å². The second-order valence-electron chi connectivity index (χ2n) is 1.28. The van der Waals surface area contributed by atoms with E-state index in [0.717, 1.165) is 5.75 Å². The lowest BCUT2D eigenvalue weighted by atomic mass is 10.4. The monoisotopic (exact) mass is 100 g/mol. The molecule has 1 aliphatic heterocycles. The molecule has 6 heavy (non-hydrogen) atoms. The van der Waals surface area contributed by atoms with Crippen molar-refractivity contribution < 1.29 is 0 Å². The van der Waals surface area contributed by atoms with Crippen molar-refractivity contribution in [3.63, 3.8) is 0 Å². The van der Waals surface area contributed by atoms with Gasteiger partial charge in [-0.3, -0.25) is 4.99 Å². The van der Waals surface area contributed by atoms with E-state index in [9.17, 15) is 0 Å². The normalized spacial score (nSPS) is 22.8. The molecule has 1 rings (SSSR count). The highest BCUT2D eigenvalue weighted by Crippen LogP contribution is 2.15. The summed E-state index contributed by atoms with van der Waals surface area (Å²) in [7, 11) is 0. The maximum atomic E-state index is 3.99. The van der Waals surface area contributed by atoms with Crippen LogP contribution in [0.3, 0.4) is 0 Å². The third-order valence-electron chi connectivity index (χ3n) is 0.640. The van der Waals surface area contributed by atoms with Gasteiger partial charge < -0.3 is 0 Å². The van der Waals surface area contributed by atoms with Crippen molar-refractivity contribution in [2.45, 2.75) is 6.92 Å². The van der Waals surface area contributed by atoms with Gasteiger partial charge in [0.25, 0.3) is 0 Å². The van der Waals surface area contributed by atoms with Gasteiger partial charge in [-0.15, -0.1) is 11.8 Å². The quantitative estimate of drug-likeness (QED) is 0.447. The van der Waals surface area contributed by atoms with E-state index in [2.05, 4.69) is 4.99 Å². The number of nitrogens with zero attached hydrogens (tertiary/aromatic N) is 1. The smallest absolute Gasteiger partial charge is 0.0935 e. The molecule has 33 valence electrons. The molecule has 0 bridgehead atoms. The van der Waals surface area contributed by atoms with Crippen LogP contribution in [0.2, 0.25) is 0 Å². The molecule has 0 saturated heterocycles. The number of hydrogen-bond acceptors (Lipinski definition) is 2. The van der Waals surface area contributed by atoms with E-state index in [4.69, 9.17) is 0 Å². The highest BCUT2D eigenvalue weighted by molar-refractivity contribution is 8.12. The van der Waals surface area contributed by atoms with Crippen molar-refractivity contribution >= 4 is 17.3 Å². The molecule has 1 nitrogen and oxygen atoms in total. The molecular formula is C4H6NS. The van der Waals surface area contributed by atoms with Crippen LogP contribution in [0.1, 0.15) is 6.92 Å². The standard InChI is InChI=1S/C4H6NS/c1-4-2-6-3-5-4/h3H,2H2,1H3. The maximum absolute atomic E-state index is 3.99. The predicted molar refractivity (Wildman–Crippen MR) is 29.9 cm³/mol. The Hall–Kier alpha value is 0.0200. The fraction of sp³-hybridized carbons (Fsp3) is 0.500. The lowest BCUT2D eigenvalue weighted by Gasteiger charge is -1.85. The van der Waals surface area contributed by atoms with Crippen molar-refractivity contribution in [1.82, 2.24) is 0 Å². The van der Waals surface area contributed by atoms with Gasteiger partial charge in [0.05, 0.1) is 11.6 Å². The van der Waals surface area contributed by atoms with Crippen molar-refractivity contribution in [1.29, 1.82) is 0 Å². The minimum Gasteiger partial charge on any atom is -0.277 e. The Morgan fingerprint density at radius 1 is 2.00 bits per heavy atom. The fourth-order valence-corrected chi connectivity index (χ4v) is 0.967. The van der Waals surface area contributed by atoms with Gasteiger partial charge in [0.2, 0.25) is 0 Å². The molecule has 0 aromatic heterocycles. The van der Waals surface area contributed by atoms with E-state index in [1.807, 2.05) is 12.5 Å². The molecule has 0 aromatic rings. The van der Waals surface area contributed by atoms with Gasteiger partial charge in [-0.25, -0.2) is 0 Å². The Kier molecular flexibility index (Phi) is 1.15. The minimum absolute atomic E-state index is 1.10. The lowest BCUT2D eigenvalue weighted by Crippen LogP contribution is -1.79. The summed E-state index contributed by atoms with van der Waals surface area (Å²) in [4.78, 5) is 3.99. The minimum atomic E-state index is 1.10. The van der Waals surface area contributed by atoms with Gasteiger partial charge in [-0.05, 0) is 6.92 Å². The van der Waals surface area contributed by atoms with Gasteiger partial charge in [0, 0.05) is 5.75 Å². The van der Waals surface area contributed by atoms with Gasteiger partial charge in [-0.2, -0.15) is 0 Å². The van der Waals surface area contributed by atoms with Gasteiger partial charge in [-0.1, -0.05) is 0 Å². The second-order valence-corrected chi connectivity index (χ2v) is 2.11. The van der Waals surface area contributed by atoms with Crippen LogP contribution in [-0.2, 0) is 0 Å². The SMILES string of the molecule is C[C]1CSC=N1. The predicted octanol–water partition coefficient (Wildman–Crippen LogP) is 1.31. The summed E-state index contributed by atoms with van der Waals surface area (Å²) in [5.41, 5.74) is 1.88. The van der Waals surface area contributed by atoms with Gasteiger partial charge in [0.15, 0.2) is 0 Å². The summed E-state index contributed by atoms with van der Waals surface area (Å²) in [6.07, 6.45) is 0. The molecule has 0 saturated carbocycles. The Morgan fingerprint density at radius 2 is 2.83 bits per heavy atom. The molecule has 0 unspecified atom stereocenters. The zero-order valence-corrected chi connectivity index (χ0v) is 4.46. The average Bonchev–Trinajstić information content (AvgIpc) is 1.86. The summed E-state index contributed by atoms with van der Waals surface area (Å²) in [5, 5.41) is 0. The third kappa shape index (κ3) is 0.744. The van der Waals surface area contributed by atoms with Crippen LogP contribution in [0.15, 0.2) is 4.99 Å². The van der Waals surface area contributed by atoms with Crippen LogP contribution < -0.4 is 0 Å². The van der Waals surface area contributed by atoms with Crippen LogP contribution >= 0.6 is 11.8 Å². The number of thioether (sulfide) groups is 1. The van der Waals surface area contributed by atoms with Crippen LogP contribution in [0.5, 0.6) is 0 Å². The molecule has 0 aromatic carbocycles. The first kappa shape index (κ1) is 4.19. The molecule has 0 spiro atoms. The summed E-state index contributed by atoms with van der Waals surface area (Å²) in [5.74, 6) is 1.10. The first-order chi connectivity index (χ1) is 2.89. The zero-order valence-electron chi connectivity index (χ0n) is 3.64. The van der Waals surface area contributed by atoms with Gasteiger partial charge in [0.1, 0.15) is 0 Å². The Morgan fingerprint density at radius 3 is 3.00 bits per heavy atom. The Balaban J connectivity index is 2.38. The summed E-state index contributed by atoms with van der Waals surface area (Å²) in [6.45, 7) is 2.04. The van der Waals surface area contributed by atoms with Crippen molar-refractivity contribution in [3.8, 4) is 0 Å². The molecule has 0 N–H and O–H groups in total. The molecule has 1 radical (unpaired) electrons. The Labute approximate surface area is 41.8 Å². The maximum Gasteiger partial charge on any atom is 0.0935 e. The van der Waals surface area contributed by atoms with Crippen molar-refractivity contribution in [2.75, 3.05) is 5.75 Å². The molecule has 1 aliphatic rings. The topological polar surface area (TPSA) is 12.4 Å². The molecule has 0 aliphatic carbocycles. The first-order valence-corrected chi connectivity index (χ1v) is 2.91. The van der Waals surface area contributed by atoms with E-state index in [1.54, 1.807) is 11.8 Å². The summed E-state index contributed by atoms with van der Waals surface area (Å²) >= 11 is 1.75. The first-order valence-electron chi connectivity index (χ1n) is 1.86. The molecule has 2 heteroatoms. The van der Waals surface area contributed by atoms with E-state index in [-0.39, 0.29) is 0 Å². The van der Waals surface area contributed by atoms with Crippen LogP contribution in [0.25, 0.3) is 0 Å². The largest absolute Gasteiger partial charge is 0.277 e. The molecule has 1 heterocycles. The average molecular weight is 100 g/mol. The molecular weight excluding hydrogens is 94.1 g/mol. The van der Waals surface area contributed by atoms with Crippen LogP contribution in [0.4, 0.5) is 0 Å². The number of rotatable bonds is 0. The van der Waals surface area contributed by atoms with Crippen LogP contribution in [0, 0.1) is 6.04 Å². The van der Waals surface area contributed by atoms with Crippen molar-refractivity contribution in [3.05, 3.63) is 6.04 Å². The molecule has 0 amide bonds. The molecule has 0 fully saturated rings. The second kappa shape index (κ2) is 1.65. The lowest BCUT2D eigenvalue weighted by molar-refractivity contribution is 1.08. The highest BCUT2D eigenvalue weighted by Gasteiger charge is 2.02. The van der Waals surface area contributed by atoms with E-state index in [0.29, 0.717) is 0 Å². The highest BCUT2D eigenvalue weighted by atomic mass is 32.2. The van der Waals surface area contributed by atoms with E-state index >= 15 is 0 Å². The third-order valence-corrected chi connectivity index (χ3v) is 1.48.